The van der Waals surface area contributed by atoms with Gasteiger partial charge >= 0.3 is 18.4 Å². The monoisotopic (exact) mass is 467 g/mol. The molecule has 3 aromatic carbocycles. The Balaban J connectivity index is 1.89. The molecule has 3 rings (SSSR count). The minimum Gasteiger partial charge on any atom is -0.329 e. The Labute approximate surface area is 185 Å². The number of nitrogens with one attached hydrogen (secondary N) is 2. The molecule has 0 heterocycles. The van der Waals surface area contributed by atoms with E-state index in [9.17, 15) is 31.1 Å². The molecule has 2 atom stereocenters. The topological polar surface area (TPSA) is 67.1 Å². The molecule has 174 valence electrons. The molecule has 0 aliphatic heterocycles. The Morgan fingerprint density at radius 1 is 0.727 bits per heavy atom. The van der Waals surface area contributed by atoms with Crippen LogP contribution in [0.25, 0.3) is 0 Å². The van der Waals surface area contributed by atoms with Crippen molar-refractivity contribution in [3.05, 3.63) is 101 Å². The lowest BCUT2D eigenvalue weighted by molar-refractivity contribution is -0.143. The number of hydrogen-bond acceptors (Lipinski definition) is 2. The summed E-state index contributed by atoms with van der Waals surface area (Å²) < 4.78 is 78.5. The third-order valence-corrected chi connectivity index (χ3v) is 4.83. The summed E-state index contributed by atoms with van der Waals surface area (Å²) in [5.74, 6) is 0. The fraction of sp³-hybridized carbons (Fsp3) is 0.174. The van der Waals surface area contributed by atoms with Crippen LogP contribution in [0.2, 0.25) is 0 Å². The minimum absolute atomic E-state index is 0.0127. The third-order valence-electron chi connectivity index (χ3n) is 4.83. The first-order valence-corrected chi connectivity index (χ1v) is 9.67. The molecule has 0 unspecified atom stereocenters. The predicted molar refractivity (Wildman–Crippen MR) is 111 cm³/mol. The van der Waals surface area contributed by atoms with Gasteiger partial charge in [-0.25, -0.2) is 4.79 Å². The molecular weight excluding hydrogens is 448 g/mol. The van der Waals surface area contributed by atoms with Crippen molar-refractivity contribution >= 4 is 11.7 Å². The molecule has 0 aliphatic rings. The van der Waals surface area contributed by atoms with E-state index >= 15 is 0 Å². The maximum Gasteiger partial charge on any atom is 0.416 e. The zero-order chi connectivity index (χ0) is 24.2. The Morgan fingerprint density at radius 2 is 1.18 bits per heavy atom. The van der Waals surface area contributed by atoms with Crippen LogP contribution in [0.4, 0.5) is 36.8 Å². The van der Waals surface area contributed by atoms with Crippen LogP contribution < -0.4 is 16.4 Å². The van der Waals surface area contributed by atoms with Gasteiger partial charge in [-0.2, -0.15) is 26.3 Å². The smallest absolute Gasteiger partial charge is 0.329 e. The van der Waals surface area contributed by atoms with Crippen LogP contribution in [0.15, 0.2) is 78.9 Å². The molecule has 0 bridgehead atoms. The molecule has 0 saturated carbocycles. The highest BCUT2D eigenvalue weighted by molar-refractivity contribution is 5.90. The van der Waals surface area contributed by atoms with E-state index in [4.69, 9.17) is 5.73 Å². The molecule has 3 aromatic rings. The largest absolute Gasteiger partial charge is 0.416 e. The number of carbonyl (C=O) groups excluding carboxylic acids is 1. The average Bonchev–Trinajstić information content (AvgIpc) is 2.77. The molecule has 2 amide bonds. The summed E-state index contributed by atoms with van der Waals surface area (Å²) in [5.41, 5.74) is 3.88. The van der Waals surface area contributed by atoms with Crippen molar-refractivity contribution in [2.24, 2.45) is 5.73 Å². The van der Waals surface area contributed by atoms with Crippen LogP contribution in [-0.2, 0) is 12.4 Å². The highest BCUT2D eigenvalue weighted by Crippen LogP contribution is 2.37. The second-order valence-electron chi connectivity index (χ2n) is 7.22. The van der Waals surface area contributed by atoms with Gasteiger partial charge in [0, 0.05) is 5.69 Å². The fourth-order valence-corrected chi connectivity index (χ4v) is 3.24. The highest BCUT2D eigenvalue weighted by atomic mass is 19.4. The number of amides is 2. The summed E-state index contributed by atoms with van der Waals surface area (Å²) in [5, 5.41) is 4.63. The standard InChI is InChI=1S/C23H19F6N3O/c24-22(25,26)16-11-17(23(27,28)29)13-18(12-16)31-21(33)32-20(15-9-5-2-6-10-15)19(30)14-7-3-1-4-8-14/h1-13,19-20H,30H2,(H2,31,32,33)/t19-,20-/m1/s1. The molecule has 0 radical (unpaired) electrons. The molecule has 33 heavy (non-hydrogen) atoms. The summed E-state index contributed by atoms with van der Waals surface area (Å²) in [6.07, 6.45) is -10.1. The predicted octanol–water partition coefficient (Wildman–Crippen LogP) is 6.29. The number of halogens is 6. The van der Waals surface area contributed by atoms with E-state index in [2.05, 4.69) is 10.6 Å². The van der Waals surface area contributed by atoms with Crippen LogP contribution in [-0.4, -0.2) is 6.03 Å². The van der Waals surface area contributed by atoms with Gasteiger partial charge in [-0.15, -0.1) is 0 Å². The summed E-state index contributed by atoms with van der Waals surface area (Å²) in [7, 11) is 0. The van der Waals surface area contributed by atoms with Crippen molar-refractivity contribution in [3.8, 4) is 0 Å². The molecule has 4 nitrogen and oxygen atoms in total. The molecule has 4 N–H and O–H groups in total. The fourth-order valence-electron chi connectivity index (χ4n) is 3.24. The summed E-state index contributed by atoms with van der Waals surface area (Å²) >= 11 is 0. The Morgan fingerprint density at radius 3 is 1.64 bits per heavy atom. The first-order valence-electron chi connectivity index (χ1n) is 9.67. The van der Waals surface area contributed by atoms with E-state index in [-0.39, 0.29) is 6.07 Å². The number of carbonyl (C=O) groups is 1. The molecule has 0 aromatic heterocycles. The lowest BCUT2D eigenvalue weighted by atomic mass is 9.94. The Hall–Kier alpha value is -3.53. The van der Waals surface area contributed by atoms with Crippen LogP contribution >= 0.6 is 0 Å². The third kappa shape index (κ3) is 6.26. The molecule has 0 saturated heterocycles. The Bertz CT molecular complexity index is 1050. The number of rotatable bonds is 5. The van der Waals surface area contributed by atoms with Gasteiger partial charge in [-0.3, -0.25) is 0 Å². The van der Waals surface area contributed by atoms with E-state index in [1.807, 2.05) is 0 Å². The van der Waals surface area contributed by atoms with E-state index in [0.717, 1.165) is 0 Å². The van der Waals surface area contributed by atoms with Gasteiger partial charge in [0.05, 0.1) is 23.2 Å². The first-order chi connectivity index (χ1) is 15.4. The van der Waals surface area contributed by atoms with Crippen molar-refractivity contribution in [2.75, 3.05) is 5.32 Å². The SMILES string of the molecule is N[C@H](c1ccccc1)[C@H](NC(=O)Nc1cc(C(F)(F)F)cc(C(F)(F)F)c1)c1ccccc1. The lowest BCUT2D eigenvalue weighted by Crippen LogP contribution is -2.38. The quantitative estimate of drug-likeness (QED) is 0.386. The van der Waals surface area contributed by atoms with Crippen molar-refractivity contribution in [1.29, 1.82) is 0 Å². The van der Waals surface area contributed by atoms with Gasteiger partial charge in [0.2, 0.25) is 0 Å². The maximum absolute atomic E-state index is 13.1. The number of alkyl halides is 6. The van der Waals surface area contributed by atoms with Crippen LogP contribution in [0, 0.1) is 0 Å². The maximum atomic E-state index is 13.1. The van der Waals surface area contributed by atoms with Gasteiger partial charge in [0.15, 0.2) is 0 Å². The first kappa shape index (κ1) is 24.1. The van der Waals surface area contributed by atoms with Crippen LogP contribution in [0.5, 0.6) is 0 Å². The number of benzene rings is 3. The van der Waals surface area contributed by atoms with Gasteiger partial charge in [0.1, 0.15) is 0 Å². The van der Waals surface area contributed by atoms with Crippen LogP contribution in [0.3, 0.4) is 0 Å². The van der Waals surface area contributed by atoms with E-state index < -0.39 is 47.3 Å². The molecule has 10 heteroatoms. The summed E-state index contributed by atoms with van der Waals surface area (Å²) in [4.78, 5) is 12.6. The Kier molecular flexibility index (Phi) is 6.97. The average molecular weight is 467 g/mol. The second kappa shape index (κ2) is 9.53. The van der Waals surface area contributed by atoms with Crippen molar-refractivity contribution in [1.82, 2.24) is 5.32 Å². The van der Waals surface area contributed by atoms with E-state index in [0.29, 0.717) is 23.3 Å². The van der Waals surface area contributed by atoms with Crippen molar-refractivity contribution in [3.63, 3.8) is 0 Å². The van der Waals surface area contributed by atoms with Gasteiger partial charge in [0.25, 0.3) is 0 Å². The van der Waals surface area contributed by atoms with Crippen molar-refractivity contribution < 1.29 is 31.1 Å². The molecule has 0 fully saturated rings. The zero-order valence-electron chi connectivity index (χ0n) is 16.9. The summed E-state index contributed by atoms with van der Waals surface area (Å²) in [6, 6.07) is 15.6. The molecule has 0 spiro atoms. The number of urea groups is 1. The van der Waals surface area contributed by atoms with Crippen LogP contribution in [0.1, 0.15) is 34.3 Å². The highest BCUT2D eigenvalue weighted by Gasteiger charge is 2.37. The number of anilines is 1. The zero-order valence-corrected chi connectivity index (χ0v) is 16.9. The van der Waals surface area contributed by atoms with Gasteiger partial charge < -0.3 is 16.4 Å². The molecule has 0 aliphatic carbocycles. The lowest BCUT2D eigenvalue weighted by Gasteiger charge is -2.26. The summed E-state index contributed by atoms with van der Waals surface area (Å²) in [6.45, 7) is 0. The number of nitrogens with two attached hydrogens (primary N) is 1. The van der Waals surface area contributed by atoms with E-state index in [1.165, 1.54) is 0 Å². The minimum atomic E-state index is -5.03. The van der Waals surface area contributed by atoms with E-state index in [1.54, 1.807) is 60.7 Å². The normalized spacial score (nSPS) is 13.8. The molecular formula is C23H19F6N3O. The van der Waals surface area contributed by atoms with Gasteiger partial charge in [-0.1, -0.05) is 60.7 Å². The van der Waals surface area contributed by atoms with Gasteiger partial charge in [-0.05, 0) is 29.3 Å². The second-order valence-corrected chi connectivity index (χ2v) is 7.22. The number of hydrogen-bond donors (Lipinski definition) is 3. The van der Waals surface area contributed by atoms with Crippen molar-refractivity contribution in [2.45, 2.75) is 24.4 Å².